The Bertz CT molecular complexity index is 600. The van der Waals surface area contributed by atoms with Gasteiger partial charge < -0.3 is 5.11 Å². The molecule has 2 aromatic rings. The monoisotopic (exact) mass is 237 g/mol. The molecule has 0 aromatic heterocycles. The number of para-hydroxylation sites is 2. The van der Waals surface area contributed by atoms with Crippen LogP contribution in [0.15, 0.2) is 53.6 Å². The lowest BCUT2D eigenvalue weighted by atomic mass is 10.1. The summed E-state index contributed by atoms with van der Waals surface area (Å²) in [4.78, 5) is 0. The maximum atomic E-state index is 9.74. The van der Waals surface area contributed by atoms with Gasteiger partial charge in [0.2, 0.25) is 0 Å². The Balaban J connectivity index is 2.13. The number of hydrogen-bond acceptors (Lipinski definition) is 4. The van der Waals surface area contributed by atoms with E-state index in [-0.39, 0.29) is 11.3 Å². The molecule has 0 bridgehead atoms. The van der Waals surface area contributed by atoms with Crippen LogP contribution in [0.25, 0.3) is 0 Å². The fourth-order valence-electron chi connectivity index (χ4n) is 1.44. The molecular formula is C14H11N3O. The number of benzene rings is 2. The van der Waals surface area contributed by atoms with E-state index in [2.05, 4.69) is 10.5 Å². The van der Waals surface area contributed by atoms with Crippen LogP contribution in [0.5, 0.6) is 5.75 Å². The van der Waals surface area contributed by atoms with Crippen molar-refractivity contribution in [3.63, 3.8) is 0 Å². The summed E-state index contributed by atoms with van der Waals surface area (Å²) in [5.74, 6) is -0.0568. The Labute approximate surface area is 105 Å². The van der Waals surface area contributed by atoms with Gasteiger partial charge in [0.05, 0.1) is 17.5 Å². The molecule has 0 spiro atoms. The van der Waals surface area contributed by atoms with E-state index >= 15 is 0 Å². The largest absolute Gasteiger partial charge is 0.506 e. The van der Waals surface area contributed by atoms with Crippen LogP contribution in [-0.4, -0.2) is 11.3 Å². The summed E-state index contributed by atoms with van der Waals surface area (Å²) in [5.41, 5.74) is 4.42. The molecule has 0 heterocycles. The quantitative estimate of drug-likeness (QED) is 0.637. The van der Waals surface area contributed by atoms with Gasteiger partial charge in [-0.3, -0.25) is 5.43 Å². The number of aromatic hydroxyl groups is 1. The minimum absolute atomic E-state index is 0.0568. The predicted molar refractivity (Wildman–Crippen MR) is 70.5 cm³/mol. The van der Waals surface area contributed by atoms with Crippen molar-refractivity contribution in [1.82, 2.24) is 0 Å². The van der Waals surface area contributed by atoms with Gasteiger partial charge in [0, 0.05) is 5.56 Å². The topological polar surface area (TPSA) is 68.4 Å². The lowest BCUT2D eigenvalue weighted by Gasteiger charge is -2.01. The van der Waals surface area contributed by atoms with E-state index in [4.69, 9.17) is 5.26 Å². The molecule has 88 valence electrons. The van der Waals surface area contributed by atoms with Gasteiger partial charge >= 0.3 is 0 Å². The van der Waals surface area contributed by atoms with E-state index in [9.17, 15) is 5.11 Å². The first-order chi connectivity index (χ1) is 8.81. The maximum absolute atomic E-state index is 9.74. The summed E-state index contributed by atoms with van der Waals surface area (Å²) in [7, 11) is 0. The molecule has 0 radical (unpaired) electrons. The van der Waals surface area contributed by atoms with Crippen LogP contribution >= 0.6 is 0 Å². The Hall–Kier alpha value is -2.80. The molecular weight excluding hydrogens is 226 g/mol. The SMILES string of the molecule is N#Cc1cccc(C=NNc2ccccc2)c1O. The Morgan fingerprint density at radius 1 is 1.11 bits per heavy atom. The number of phenolic OH excluding ortho intramolecular Hbond substituents is 1. The Morgan fingerprint density at radius 2 is 1.89 bits per heavy atom. The van der Waals surface area contributed by atoms with Crippen molar-refractivity contribution in [2.45, 2.75) is 0 Å². The third-order valence-electron chi connectivity index (χ3n) is 2.36. The summed E-state index contributed by atoms with van der Waals surface area (Å²) in [6.45, 7) is 0. The highest BCUT2D eigenvalue weighted by Crippen LogP contribution is 2.19. The number of rotatable bonds is 3. The first-order valence-electron chi connectivity index (χ1n) is 5.37. The molecule has 0 fully saturated rings. The molecule has 4 heteroatoms. The van der Waals surface area contributed by atoms with Crippen LogP contribution in [0.2, 0.25) is 0 Å². The lowest BCUT2D eigenvalue weighted by Crippen LogP contribution is -1.91. The van der Waals surface area contributed by atoms with E-state index in [1.165, 1.54) is 6.21 Å². The maximum Gasteiger partial charge on any atom is 0.142 e. The number of nitrogens with zero attached hydrogens (tertiary/aromatic N) is 2. The van der Waals surface area contributed by atoms with E-state index in [1.807, 2.05) is 36.4 Å². The zero-order valence-corrected chi connectivity index (χ0v) is 9.54. The lowest BCUT2D eigenvalue weighted by molar-refractivity contribution is 0.472. The Kier molecular flexibility index (Phi) is 3.57. The Morgan fingerprint density at radius 3 is 2.61 bits per heavy atom. The van der Waals surface area contributed by atoms with E-state index in [0.29, 0.717) is 5.56 Å². The normalized spacial score (nSPS) is 10.2. The number of anilines is 1. The van der Waals surface area contributed by atoms with Crippen molar-refractivity contribution in [2.24, 2.45) is 5.10 Å². The van der Waals surface area contributed by atoms with Crippen LogP contribution < -0.4 is 5.43 Å². The summed E-state index contributed by atoms with van der Waals surface area (Å²) in [5, 5.41) is 22.5. The van der Waals surface area contributed by atoms with E-state index in [1.54, 1.807) is 18.2 Å². The first-order valence-corrected chi connectivity index (χ1v) is 5.37. The highest BCUT2D eigenvalue weighted by Gasteiger charge is 2.03. The number of hydrogen-bond donors (Lipinski definition) is 2. The third kappa shape index (κ3) is 2.66. The number of nitriles is 1. The molecule has 0 saturated heterocycles. The fourth-order valence-corrected chi connectivity index (χ4v) is 1.44. The van der Waals surface area contributed by atoms with Gasteiger partial charge in [-0.05, 0) is 24.3 Å². The molecule has 0 aliphatic carbocycles. The first kappa shape index (κ1) is 11.7. The van der Waals surface area contributed by atoms with Crippen molar-refractivity contribution >= 4 is 11.9 Å². The van der Waals surface area contributed by atoms with Crippen LogP contribution in [0.3, 0.4) is 0 Å². The third-order valence-corrected chi connectivity index (χ3v) is 2.36. The highest BCUT2D eigenvalue weighted by molar-refractivity contribution is 5.85. The summed E-state index contributed by atoms with van der Waals surface area (Å²) in [6, 6.07) is 16.3. The average molecular weight is 237 g/mol. The molecule has 2 N–H and O–H groups in total. The highest BCUT2D eigenvalue weighted by atomic mass is 16.3. The fraction of sp³-hybridized carbons (Fsp3) is 0. The average Bonchev–Trinajstić information content (AvgIpc) is 2.42. The second-order valence-corrected chi connectivity index (χ2v) is 3.59. The molecule has 0 amide bonds. The van der Waals surface area contributed by atoms with Gasteiger partial charge in [-0.2, -0.15) is 10.4 Å². The van der Waals surface area contributed by atoms with E-state index < -0.39 is 0 Å². The van der Waals surface area contributed by atoms with Gasteiger partial charge in [0.25, 0.3) is 0 Å². The predicted octanol–water partition coefficient (Wildman–Crippen LogP) is 2.71. The van der Waals surface area contributed by atoms with Crippen molar-refractivity contribution in [3.05, 3.63) is 59.7 Å². The van der Waals surface area contributed by atoms with Crippen LogP contribution in [0.4, 0.5) is 5.69 Å². The van der Waals surface area contributed by atoms with Crippen LogP contribution in [0, 0.1) is 11.3 Å². The van der Waals surface area contributed by atoms with Gasteiger partial charge in [-0.15, -0.1) is 0 Å². The van der Waals surface area contributed by atoms with Crippen molar-refractivity contribution in [1.29, 1.82) is 5.26 Å². The molecule has 0 aliphatic heterocycles. The smallest absolute Gasteiger partial charge is 0.142 e. The zero-order chi connectivity index (χ0) is 12.8. The molecule has 18 heavy (non-hydrogen) atoms. The summed E-state index contributed by atoms with van der Waals surface area (Å²) >= 11 is 0. The molecule has 0 saturated carbocycles. The minimum atomic E-state index is -0.0568. The van der Waals surface area contributed by atoms with E-state index in [0.717, 1.165) is 5.69 Å². The van der Waals surface area contributed by atoms with Gasteiger partial charge in [-0.1, -0.05) is 24.3 Å². The van der Waals surface area contributed by atoms with Crippen molar-refractivity contribution < 1.29 is 5.11 Å². The van der Waals surface area contributed by atoms with Gasteiger partial charge in [0.1, 0.15) is 11.8 Å². The zero-order valence-electron chi connectivity index (χ0n) is 9.54. The molecule has 0 unspecified atom stereocenters. The standard InChI is InChI=1S/C14H11N3O/c15-9-11-5-4-6-12(14(11)18)10-16-17-13-7-2-1-3-8-13/h1-8,10,17-18H. The summed E-state index contributed by atoms with van der Waals surface area (Å²) in [6.07, 6.45) is 1.48. The molecule has 0 aliphatic rings. The molecule has 4 nitrogen and oxygen atoms in total. The molecule has 2 aromatic carbocycles. The van der Waals surface area contributed by atoms with Crippen LogP contribution in [0.1, 0.15) is 11.1 Å². The number of hydrazone groups is 1. The second-order valence-electron chi connectivity index (χ2n) is 3.59. The number of phenols is 1. The van der Waals surface area contributed by atoms with Crippen molar-refractivity contribution in [2.75, 3.05) is 5.43 Å². The number of nitrogens with one attached hydrogen (secondary N) is 1. The second kappa shape index (κ2) is 5.51. The summed E-state index contributed by atoms with van der Waals surface area (Å²) < 4.78 is 0. The molecule has 2 rings (SSSR count). The van der Waals surface area contributed by atoms with Gasteiger partial charge in [0.15, 0.2) is 0 Å². The van der Waals surface area contributed by atoms with Crippen LogP contribution in [-0.2, 0) is 0 Å². The van der Waals surface area contributed by atoms with Crippen molar-refractivity contribution in [3.8, 4) is 11.8 Å². The molecule has 0 atom stereocenters. The minimum Gasteiger partial charge on any atom is -0.506 e. The van der Waals surface area contributed by atoms with Gasteiger partial charge in [-0.25, -0.2) is 0 Å².